The summed E-state index contributed by atoms with van der Waals surface area (Å²) in [6, 6.07) is 13.0. The average molecular weight is 378 g/mol. The predicted octanol–water partition coefficient (Wildman–Crippen LogP) is 2.79. The van der Waals surface area contributed by atoms with Crippen LogP contribution in [0.15, 0.2) is 54.9 Å². The van der Waals surface area contributed by atoms with Gasteiger partial charge >= 0.3 is 6.03 Å². The molecule has 3 amide bonds. The third-order valence-electron chi connectivity index (χ3n) is 5.15. The molecule has 1 atom stereocenters. The van der Waals surface area contributed by atoms with Crippen LogP contribution in [0.4, 0.5) is 4.79 Å². The van der Waals surface area contributed by atoms with Gasteiger partial charge in [-0.25, -0.2) is 9.78 Å². The molecular weight excluding hydrogens is 356 g/mol. The number of urea groups is 1. The van der Waals surface area contributed by atoms with Crippen molar-refractivity contribution in [3.8, 4) is 5.75 Å². The van der Waals surface area contributed by atoms with Crippen molar-refractivity contribution in [3.63, 3.8) is 0 Å². The average Bonchev–Trinajstić information content (AvgIpc) is 3.21. The van der Waals surface area contributed by atoms with Crippen LogP contribution in [-0.4, -0.2) is 38.9 Å². The van der Waals surface area contributed by atoms with Crippen LogP contribution in [0.5, 0.6) is 5.75 Å². The van der Waals surface area contributed by atoms with Crippen LogP contribution in [-0.2, 0) is 17.8 Å². The number of pyridine rings is 1. The molecule has 2 aromatic heterocycles. The molecule has 7 nitrogen and oxygen atoms in total. The molecule has 0 aliphatic carbocycles. The van der Waals surface area contributed by atoms with Gasteiger partial charge in [-0.1, -0.05) is 18.2 Å². The van der Waals surface area contributed by atoms with Crippen molar-refractivity contribution < 1.29 is 14.3 Å². The van der Waals surface area contributed by atoms with Gasteiger partial charge in [0, 0.05) is 12.4 Å². The molecule has 1 aliphatic rings. The van der Waals surface area contributed by atoms with Crippen LogP contribution in [0.2, 0.25) is 0 Å². The van der Waals surface area contributed by atoms with Crippen molar-refractivity contribution >= 4 is 17.6 Å². The van der Waals surface area contributed by atoms with Crippen LogP contribution in [0.25, 0.3) is 5.65 Å². The number of fused-ring (bicyclic) bond motifs is 1. The topological polar surface area (TPSA) is 75.9 Å². The Balaban J connectivity index is 1.45. The molecule has 1 N–H and O–H groups in total. The van der Waals surface area contributed by atoms with E-state index in [0.29, 0.717) is 18.5 Å². The molecule has 4 rings (SSSR count). The number of imidazole rings is 1. The Bertz CT molecular complexity index is 995. The summed E-state index contributed by atoms with van der Waals surface area (Å²) in [5.41, 5.74) is 1.62. The second-order valence-corrected chi connectivity index (χ2v) is 7.20. The monoisotopic (exact) mass is 378 g/mol. The van der Waals surface area contributed by atoms with Gasteiger partial charge in [-0.3, -0.25) is 9.69 Å². The molecule has 3 aromatic rings. The molecule has 1 fully saturated rings. The Kier molecular flexibility index (Phi) is 4.50. The minimum Gasteiger partial charge on any atom is -0.497 e. The van der Waals surface area contributed by atoms with E-state index in [1.807, 2.05) is 59.3 Å². The minimum absolute atomic E-state index is 0.157. The van der Waals surface area contributed by atoms with Crippen LogP contribution >= 0.6 is 0 Å². The summed E-state index contributed by atoms with van der Waals surface area (Å²) in [6.45, 7) is 1.94. The fourth-order valence-corrected chi connectivity index (χ4v) is 3.47. The Morgan fingerprint density at radius 1 is 1.14 bits per heavy atom. The van der Waals surface area contributed by atoms with Crippen molar-refractivity contribution in [3.05, 3.63) is 66.1 Å². The van der Waals surface area contributed by atoms with Gasteiger partial charge in [-0.05, 0) is 49.6 Å². The van der Waals surface area contributed by atoms with Gasteiger partial charge in [0.25, 0.3) is 5.91 Å². The summed E-state index contributed by atoms with van der Waals surface area (Å²) in [7, 11) is 1.63. The van der Waals surface area contributed by atoms with Crippen LogP contribution in [0, 0.1) is 0 Å². The number of benzene rings is 1. The van der Waals surface area contributed by atoms with Crippen LogP contribution < -0.4 is 10.1 Å². The maximum absolute atomic E-state index is 13.0. The number of imide groups is 1. The Labute approximate surface area is 162 Å². The van der Waals surface area contributed by atoms with Gasteiger partial charge in [0.2, 0.25) is 0 Å². The van der Waals surface area contributed by atoms with E-state index < -0.39 is 5.54 Å². The fourth-order valence-electron chi connectivity index (χ4n) is 3.47. The van der Waals surface area contributed by atoms with E-state index in [4.69, 9.17) is 4.74 Å². The van der Waals surface area contributed by atoms with Gasteiger partial charge in [0.05, 0.1) is 19.3 Å². The number of amides is 3. The van der Waals surface area contributed by atoms with E-state index in [1.54, 1.807) is 14.0 Å². The number of aromatic nitrogens is 2. The van der Waals surface area contributed by atoms with Crippen molar-refractivity contribution in [2.24, 2.45) is 0 Å². The summed E-state index contributed by atoms with van der Waals surface area (Å²) in [5.74, 6) is 0.571. The Hall–Kier alpha value is -3.35. The SMILES string of the molecule is COc1ccc(CC[C@@]2(C)NC(=O)N(Cc3cn4ccccc4n3)C2=O)cc1. The van der Waals surface area contributed by atoms with Crippen molar-refractivity contribution in [1.29, 1.82) is 0 Å². The number of methoxy groups -OCH3 is 1. The molecule has 28 heavy (non-hydrogen) atoms. The number of ether oxygens (including phenoxy) is 1. The lowest BCUT2D eigenvalue weighted by molar-refractivity contribution is -0.131. The third kappa shape index (κ3) is 3.31. The first-order valence-electron chi connectivity index (χ1n) is 9.18. The van der Waals surface area contributed by atoms with Crippen LogP contribution in [0.3, 0.4) is 0 Å². The summed E-state index contributed by atoms with van der Waals surface area (Å²) in [4.78, 5) is 31.2. The number of carbonyl (C=O) groups excluding carboxylic acids is 2. The number of aryl methyl sites for hydroxylation is 1. The molecular formula is C21H22N4O3. The molecule has 1 aromatic carbocycles. The van der Waals surface area contributed by atoms with Gasteiger partial charge in [0.1, 0.15) is 16.9 Å². The largest absolute Gasteiger partial charge is 0.497 e. The molecule has 0 saturated carbocycles. The molecule has 144 valence electrons. The number of hydrogen-bond acceptors (Lipinski definition) is 4. The van der Waals surface area contributed by atoms with Gasteiger partial charge in [-0.15, -0.1) is 0 Å². The van der Waals surface area contributed by atoms with E-state index in [1.165, 1.54) is 4.90 Å². The maximum Gasteiger partial charge on any atom is 0.325 e. The third-order valence-corrected chi connectivity index (χ3v) is 5.15. The zero-order valence-corrected chi connectivity index (χ0v) is 15.9. The second-order valence-electron chi connectivity index (χ2n) is 7.20. The molecule has 1 saturated heterocycles. The molecule has 0 unspecified atom stereocenters. The summed E-state index contributed by atoms with van der Waals surface area (Å²) in [6.07, 6.45) is 4.92. The number of nitrogens with one attached hydrogen (secondary N) is 1. The van der Waals surface area contributed by atoms with Gasteiger partial charge in [0.15, 0.2) is 0 Å². The Morgan fingerprint density at radius 3 is 2.64 bits per heavy atom. The van der Waals surface area contributed by atoms with E-state index in [0.717, 1.165) is 17.0 Å². The summed E-state index contributed by atoms with van der Waals surface area (Å²) >= 11 is 0. The summed E-state index contributed by atoms with van der Waals surface area (Å²) < 4.78 is 7.04. The zero-order valence-electron chi connectivity index (χ0n) is 15.9. The zero-order chi connectivity index (χ0) is 19.7. The van der Waals surface area contributed by atoms with Crippen molar-refractivity contribution in [2.75, 3.05) is 7.11 Å². The maximum atomic E-state index is 13.0. The predicted molar refractivity (Wildman–Crippen MR) is 104 cm³/mol. The molecule has 0 bridgehead atoms. The minimum atomic E-state index is -0.920. The number of carbonyl (C=O) groups is 2. The number of nitrogens with zero attached hydrogens (tertiary/aromatic N) is 3. The first-order valence-corrected chi connectivity index (χ1v) is 9.18. The fraction of sp³-hybridized carbons (Fsp3) is 0.286. The van der Waals surface area contributed by atoms with E-state index in [9.17, 15) is 9.59 Å². The first kappa shape index (κ1) is 18.0. The Morgan fingerprint density at radius 2 is 1.93 bits per heavy atom. The second kappa shape index (κ2) is 6.99. The molecule has 7 heteroatoms. The lowest BCUT2D eigenvalue weighted by atomic mass is 9.93. The molecule has 0 spiro atoms. The number of rotatable bonds is 6. The van der Waals surface area contributed by atoms with E-state index in [2.05, 4.69) is 10.3 Å². The van der Waals surface area contributed by atoms with E-state index in [-0.39, 0.29) is 18.5 Å². The van der Waals surface area contributed by atoms with Crippen LogP contribution in [0.1, 0.15) is 24.6 Å². The van der Waals surface area contributed by atoms with Crippen molar-refractivity contribution in [1.82, 2.24) is 19.6 Å². The standard InChI is InChI=1S/C21H22N4O3/c1-21(11-10-15-6-8-17(28-2)9-7-15)19(26)25(20(27)23-21)14-16-13-24-12-4-3-5-18(24)22-16/h3-9,12-13H,10-11,14H2,1-2H3,(H,23,27)/t21-/m1/s1. The van der Waals surface area contributed by atoms with E-state index >= 15 is 0 Å². The first-order chi connectivity index (χ1) is 13.5. The quantitative estimate of drug-likeness (QED) is 0.669. The molecule has 0 radical (unpaired) electrons. The smallest absolute Gasteiger partial charge is 0.325 e. The van der Waals surface area contributed by atoms with Crippen molar-refractivity contribution in [2.45, 2.75) is 31.8 Å². The van der Waals surface area contributed by atoms with Gasteiger partial charge in [-0.2, -0.15) is 0 Å². The highest BCUT2D eigenvalue weighted by molar-refractivity contribution is 6.06. The molecule has 3 heterocycles. The number of hydrogen-bond donors (Lipinski definition) is 1. The highest BCUT2D eigenvalue weighted by Crippen LogP contribution is 2.25. The highest BCUT2D eigenvalue weighted by atomic mass is 16.5. The summed E-state index contributed by atoms with van der Waals surface area (Å²) in [5, 5.41) is 2.86. The lowest BCUT2D eigenvalue weighted by Crippen LogP contribution is -2.44. The lowest BCUT2D eigenvalue weighted by Gasteiger charge is -2.21. The highest BCUT2D eigenvalue weighted by Gasteiger charge is 2.47. The normalized spacial score (nSPS) is 19.3. The molecule has 1 aliphatic heterocycles. The van der Waals surface area contributed by atoms with Gasteiger partial charge < -0.3 is 14.5 Å².